The second kappa shape index (κ2) is 11.4. The maximum absolute atomic E-state index is 14.1. The molecule has 0 bridgehead atoms. The van der Waals surface area contributed by atoms with Crippen LogP contribution in [0, 0.1) is 28.6 Å². The largest absolute Gasteiger partial charge is 0.549 e. The van der Waals surface area contributed by atoms with Crippen molar-refractivity contribution in [2.75, 3.05) is 18.6 Å². The predicted molar refractivity (Wildman–Crippen MR) is 131 cm³/mol. The van der Waals surface area contributed by atoms with Gasteiger partial charge < -0.3 is 24.3 Å². The van der Waals surface area contributed by atoms with Crippen LogP contribution in [0.15, 0.2) is 48.5 Å². The monoisotopic (exact) mass is 559 g/mol. The molecule has 1 heterocycles. The lowest BCUT2D eigenvalue weighted by Gasteiger charge is -2.57. The van der Waals surface area contributed by atoms with E-state index in [9.17, 15) is 42.7 Å². The highest BCUT2D eigenvalue weighted by Gasteiger charge is 2.64. The number of hydrogen-bond acceptors (Lipinski definition) is 8. The fourth-order valence-corrected chi connectivity index (χ4v) is 5.59. The number of methoxy groups -OCH3 is 1. The molecule has 2 aromatic carbocycles. The third-order valence-electron chi connectivity index (χ3n) is 7.45. The summed E-state index contributed by atoms with van der Waals surface area (Å²) in [5.41, 5.74) is -3.59. The van der Waals surface area contributed by atoms with Crippen LogP contribution in [0.2, 0.25) is 0 Å². The summed E-state index contributed by atoms with van der Waals surface area (Å²) < 4.78 is 50.7. The molecule has 0 saturated carbocycles. The lowest BCUT2D eigenvalue weighted by atomic mass is 9.54. The number of piperidine rings is 1. The Morgan fingerprint density at radius 1 is 1.18 bits per heavy atom. The highest BCUT2D eigenvalue weighted by Crippen LogP contribution is 2.55. The number of halogens is 3. The number of ether oxygens (including phenoxy) is 2. The Balaban J connectivity index is 2.44. The molecule has 12 heteroatoms. The van der Waals surface area contributed by atoms with Gasteiger partial charge in [0.05, 0.1) is 48.2 Å². The maximum atomic E-state index is 14.1. The molecule has 5 atom stereocenters. The molecule has 4 unspecified atom stereocenters. The molecular weight excluding hydrogens is 533 g/mol. The van der Waals surface area contributed by atoms with E-state index in [1.807, 2.05) is 6.07 Å². The first-order valence-electron chi connectivity index (χ1n) is 12.2. The number of carboxylic acid groups (broad SMARTS) is 1. The fourth-order valence-electron chi connectivity index (χ4n) is 5.59. The van der Waals surface area contributed by atoms with Crippen LogP contribution in [0.1, 0.15) is 43.4 Å². The number of esters is 2. The number of nitrogens with zero attached hydrogens (tertiary/aromatic N) is 2. The van der Waals surface area contributed by atoms with Crippen LogP contribution in [-0.2, 0) is 34.8 Å². The van der Waals surface area contributed by atoms with Crippen LogP contribution < -0.4 is 10.0 Å². The van der Waals surface area contributed by atoms with Crippen molar-refractivity contribution in [3.05, 3.63) is 65.2 Å². The van der Waals surface area contributed by atoms with E-state index in [4.69, 9.17) is 9.47 Å². The van der Waals surface area contributed by atoms with Gasteiger partial charge in [0.1, 0.15) is 5.92 Å². The standard InChI is InChI=1S/C28H27F3N2O7/c1-5-40-25(36)21-22(18-11-9-17(14-32)10-12-18)27(26(37)38,15(2)24(35)39-4)16(3)33(23(21)34)20-8-6-7-19(13-20)28(29,30)31/h6-13,15-16,21-22H,5H2,1-4H3,(H,37,38)/p-1/t15-,16?,21?,22?,27?/m0/s1. The SMILES string of the molecule is CCOC(=O)C1C(=O)N(c2cccc(C(F)(F)F)c2)C(C)C(C(=O)[O-])([C@@H](C)C(=O)OC)C1c1ccc(C#N)cc1. The summed E-state index contributed by atoms with van der Waals surface area (Å²) in [5, 5.41) is 22.5. The Labute approximate surface area is 228 Å². The minimum atomic E-state index is -4.80. The normalized spacial score (nSPS) is 23.6. The zero-order valence-corrected chi connectivity index (χ0v) is 22.0. The highest BCUT2D eigenvalue weighted by atomic mass is 19.4. The van der Waals surface area contributed by atoms with Gasteiger partial charge in [0, 0.05) is 17.6 Å². The van der Waals surface area contributed by atoms with Gasteiger partial charge in [-0.15, -0.1) is 0 Å². The van der Waals surface area contributed by atoms with Crippen LogP contribution in [0.3, 0.4) is 0 Å². The van der Waals surface area contributed by atoms with E-state index >= 15 is 0 Å². The Morgan fingerprint density at radius 3 is 2.30 bits per heavy atom. The molecule has 0 aromatic heterocycles. The summed E-state index contributed by atoms with van der Waals surface area (Å²) >= 11 is 0. The molecule has 1 aliphatic rings. The van der Waals surface area contributed by atoms with Gasteiger partial charge in [-0.1, -0.05) is 25.1 Å². The van der Waals surface area contributed by atoms with E-state index < -0.39 is 64.8 Å². The third-order valence-corrected chi connectivity index (χ3v) is 7.45. The summed E-state index contributed by atoms with van der Waals surface area (Å²) in [5.74, 6) is -10.1. The minimum absolute atomic E-state index is 0.0981. The Kier molecular flexibility index (Phi) is 8.57. The van der Waals surface area contributed by atoms with E-state index in [-0.39, 0.29) is 23.4 Å². The fraction of sp³-hybridized carbons (Fsp3) is 0.393. The van der Waals surface area contributed by atoms with Crippen molar-refractivity contribution in [3.63, 3.8) is 0 Å². The van der Waals surface area contributed by atoms with Gasteiger partial charge in [-0.25, -0.2) is 0 Å². The van der Waals surface area contributed by atoms with Crippen molar-refractivity contribution in [2.24, 2.45) is 17.3 Å². The number of amides is 1. The number of benzene rings is 2. The van der Waals surface area contributed by atoms with Crippen LogP contribution in [-0.4, -0.2) is 43.6 Å². The molecule has 212 valence electrons. The zero-order valence-electron chi connectivity index (χ0n) is 22.0. The molecule has 1 saturated heterocycles. The smallest absolute Gasteiger partial charge is 0.416 e. The van der Waals surface area contributed by atoms with Crippen molar-refractivity contribution in [2.45, 2.75) is 38.9 Å². The molecule has 3 rings (SSSR count). The minimum Gasteiger partial charge on any atom is -0.549 e. The number of carbonyl (C=O) groups is 4. The van der Waals surface area contributed by atoms with E-state index in [2.05, 4.69) is 0 Å². The summed E-state index contributed by atoms with van der Waals surface area (Å²) in [4.78, 5) is 54.4. The average Bonchev–Trinajstić information content (AvgIpc) is 2.91. The first-order valence-corrected chi connectivity index (χ1v) is 12.2. The number of nitriles is 1. The molecular formula is C28H26F3N2O7-. The van der Waals surface area contributed by atoms with Crippen molar-refractivity contribution >= 4 is 29.5 Å². The van der Waals surface area contributed by atoms with Crippen LogP contribution in [0.4, 0.5) is 18.9 Å². The molecule has 0 aliphatic carbocycles. The van der Waals surface area contributed by atoms with Gasteiger partial charge in [0.25, 0.3) is 0 Å². The second-order valence-electron chi connectivity index (χ2n) is 9.34. The van der Waals surface area contributed by atoms with E-state index in [1.165, 1.54) is 45.0 Å². The Hall–Kier alpha value is -4.40. The number of hydrogen-bond donors (Lipinski definition) is 0. The average molecular weight is 560 g/mol. The number of carbonyl (C=O) groups excluding carboxylic acids is 4. The Morgan fingerprint density at radius 2 is 1.80 bits per heavy atom. The van der Waals surface area contributed by atoms with Crippen LogP contribution >= 0.6 is 0 Å². The van der Waals surface area contributed by atoms with Gasteiger partial charge >= 0.3 is 18.1 Å². The van der Waals surface area contributed by atoms with Crippen molar-refractivity contribution < 1.29 is 46.9 Å². The molecule has 0 radical (unpaired) electrons. The lowest BCUT2D eigenvalue weighted by Crippen LogP contribution is -2.70. The quantitative estimate of drug-likeness (QED) is 0.373. The summed E-state index contributed by atoms with van der Waals surface area (Å²) in [6.45, 7) is 3.73. The predicted octanol–water partition coefficient (Wildman–Crippen LogP) is 2.82. The lowest BCUT2D eigenvalue weighted by molar-refractivity contribution is -0.325. The molecule has 0 N–H and O–H groups in total. The molecule has 0 spiro atoms. The number of anilines is 1. The molecule has 1 fully saturated rings. The number of alkyl halides is 3. The van der Waals surface area contributed by atoms with Gasteiger partial charge in [0.15, 0.2) is 0 Å². The summed E-state index contributed by atoms with van der Waals surface area (Å²) in [7, 11) is 1.02. The van der Waals surface area contributed by atoms with Crippen LogP contribution in [0.5, 0.6) is 0 Å². The zero-order chi connectivity index (χ0) is 30.0. The molecule has 2 aromatic rings. The van der Waals surface area contributed by atoms with E-state index in [0.29, 0.717) is 6.07 Å². The van der Waals surface area contributed by atoms with E-state index in [1.54, 1.807) is 0 Å². The molecule has 1 amide bonds. The Bertz CT molecular complexity index is 1350. The summed E-state index contributed by atoms with van der Waals surface area (Å²) in [6.07, 6.45) is -4.80. The molecule has 40 heavy (non-hydrogen) atoms. The topological polar surface area (TPSA) is 137 Å². The van der Waals surface area contributed by atoms with Gasteiger partial charge in [-0.2, -0.15) is 18.4 Å². The van der Waals surface area contributed by atoms with Gasteiger partial charge in [-0.05, 0) is 49.7 Å². The second-order valence-corrected chi connectivity index (χ2v) is 9.34. The van der Waals surface area contributed by atoms with Crippen molar-refractivity contribution in [1.82, 2.24) is 0 Å². The molecule has 9 nitrogen and oxygen atoms in total. The van der Waals surface area contributed by atoms with Gasteiger partial charge in [-0.3, -0.25) is 14.4 Å². The van der Waals surface area contributed by atoms with E-state index in [0.717, 1.165) is 30.2 Å². The molecule has 1 aliphatic heterocycles. The van der Waals surface area contributed by atoms with Crippen molar-refractivity contribution in [1.29, 1.82) is 5.26 Å². The third kappa shape index (κ3) is 4.99. The van der Waals surface area contributed by atoms with Crippen molar-refractivity contribution in [3.8, 4) is 6.07 Å². The number of aliphatic carboxylic acids is 1. The van der Waals surface area contributed by atoms with Crippen LogP contribution in [0.25, 0.3) is 0 Å². The maximum Gasteiger partial charge on any atom is 0.416 e. The highest BCUT2D eigenvalue weighted by molar-refractivity contribution is 6.10. The van der Waals surface area contributed by atoms with Gasteiger partial charge in [0.2, 0.25) is 5.91 Å². The number of rotatable bonds is 7. The first-order chi connectivity index (χ1) is 18.8. The first kappa shape index (κ1) is 30.1. The summed E-state index contributed by atoms with van der Waals surface area (Å²) in [6, 6.07) is 9.37. The number of carboxylic acids is 1.